The average molecular weight is 140 g/mol. The summed E-state index contributed by atoms with van der Waals surface area (Å²) in [5.41, 5.74) is 0. The molecule has 0 aromatic heterocycles. The van der Waals surface area contributed by atoms with Crippen LogP contribution in [0.15, 0.2) is 12.2 Å². The summed E-state index contributed by atoms with van der Waals surface area (Å²) in [6.45, 7) is 4.71. The molecule has 0 unspecified atom stereocenters. The Bertz CT molecular complexity index is 129. The number of aliphatic hydroxyl groups excluding tert-OH is 1. The number of aliphatic hydroxyl groups is 1. The lowest BCUT2D eigenvalue weighted by atomic mass is 9.81. The van der Waals surface area contributed by atoms with Gasteiger partial charge in [0.25, 0.3) is 0 Å². The van der Waals surface area contributed by atoms with Gasteiger partial charge >= 0.3 is 0 Å². The largest absolute Gasteiger partial charge is 0.396 e. The van der Waals surface area contributed by atoms with E-state index in [1.807, 2.05) is 0 Å². The molecule has 1 nitrogen and oxygen atoms in total. The van der Waals surface area contributed by atoms with Crippen molar-refractivity contribution in [3.8, 4) is 0 Å². The molecule has 0 bridgehead atoms. The Balaban J connectivity index is 2.53. The first-order valence-electron chi connectivity index (χ1n) is 4.03. The van der Waals surface area contributed by atoms with Crippen molar-refractivity contribution in [1.29, 1.82) is 0 Å². The van der Waals surface area contributed by atoms with E-state index < -0.39 is 0 Å². The number of rotatable bonds is 1. The summed E-state index contributed by atoms with van der Waals surface area (Å²) < 4.78 is 0. The van der Waals surface area contributed by atoms with Gasteiger partial charge in [0, 0.05) is 6.61 Å². The van der Waals surface area contributed by atoms with Gasteiger partial charge in [0.1, 0.15) is 0 Å². The molecule has 0 spiro atoms. The molecule has 0 saturated carbocycles. The molecular weight excluding hydrogens is 124 g/mol. The molecule has 1 aliphatic carbocycles. The average Bonchev–Trinajstić information content (AvgIpc) is 1.94. The highest BCUT2D eigenvalue weighted by Gasteiger charge is 2.19. The molecule has 10 heavy (non-hydrogen) atoms. The summed E-state index contributed by atoms with van der Waals surface area (Å²) in [5.74, 6) is 1.73. The Morgan fingerprint density at radius 2 is 2.10 bits per heavy atom. The molecule has 0 aliphatic heterocycles. The van der Waals surface area contributed by atoms with Gasteiger partial charge in [-0.2, -0.15) is 0 Å². The van der Waals surface area contributed by atoms with Gasteiger partial charge in [-0.15, -0.1) is 0 Å². The predicted molar refractivity (Wildman–Crippen MR) is 42.7 cm³/mol. The van der Waals surface area contributed by atoms with Crippen LogP contribution in [-0.4, -0.2) is 11.7 Å². The molecule has 1 N–H and O–H groups in total. The highest BCUT2D eigenvalue weighted by Crippen LogP contribution is 2.27. The number of hydrogen-bond donors (Lipinski definition) is 1. The summed E-state index contributed by atoms with van der Waals surface area (Å²) in [6.07, 6.45) is 5.61. The SMILES string of the molecule is C[C@@H]1C=C[C@H](C)[C@H](CO)C1. The van der Waals surface area contributed by atoms with Gasteiger partial charge in [-0.25, -0.2) is 0 Å². The lowest BCUT2D eigenvalue weighted by Crippen LogP contribution is -2.20. The molecule has 0 heterocycles. The van der Waals surface area contributed by atoms with Crippen LogP contribution in [0.3, 0.4) is 0 Å². The third-order valence-electron chi connectivity index (χ3n) is 2.40. The van der Waals surface area contributed by atoms with E-state index in [0.717, 1.165) is 6.42 Å². The van der Waals surface area contributed by atoms with Gasteiger partial charge in [0.2, 0.25) is 0 Å². The van der Waals surface area contributed by atoms with Crippen LogP contribution in [0.25, 0.3) is 0 Å². The summed E-state index contributed by atoms with van der Waals surface area (Å²) in [4.78, 5) is 0. The minimum absolute atomic E-state index is 0.343. The zero-order chi connectivity index (χ0) is 7.56. The van der Waals surface area contributed by atoms with Gasteiger partial charge in [0.15, 0.2) is 0 Å². The maximum Gasteiger partial charge on any atom is 0.0465 e. The van der Waals surface area contributed by atoms with Crippen molar-refractivity contribution in [3.63, 3.8) is 0 Å². The molecule has 0 radical (unpaired) electrons. The predicted octanol–water partition coefficient (Wildman–Crippen LogP) is 1.83. The summed E-state index contributed by atoms with van der Waals surface area (Å²) in [5, 5.41) is 8.95. The highest BCUT2D eigenvalue weighted by molar-refractivity contribution is 4.98. The van der Waals surface area contributed by atoms with Crippen molar-refractivity contribution in [3.05, 3.63) is 12.2 Å². The summed E-state index contributed by atoms with van der Waals surface area (Å²) >= 11 is 0. The van der Waals surface area contributed by atoms with Crippen molar-refractivity contribution in [2.75, 3.05) is 6.61 Å². The Hall–Kier alpha value is -0.300. The van der Waals surface area contributed by atoms with E-state index in [9.17, 15) is 0 Å². The Labute approximate surface area is 62.8 Å². The van der Waals surface area contributed by atoms with Crippen LogP contribution >= 0.6 is 0 Å². The molecular formula is C9H16O. The maximum absolute atomic E-state index is 8.95. The van der Waals surface area contributed by atoms with E-state index in [-0.39, 0.29) is 0 Å². The fraction of sp³-hybridized carbons (Fsp3) is 0.778. The molecule has 1 heteroatoms. The quantitative estimate of drug-likeness (QED) is 0.551. The minimum atomic E-state index is 0.343. The molecule has 0 aromatic rings. The van der Waals surface area contributed by atoms with Gasteiger partial charge in [0.05, 0.1) is 0 Å². The van der Waals surface area contributed by atoms with Crippen molar-refractivity contribution >= 4 is 0 Å². The zero-order valence-electron chi connectivity index (χ0n) is 6.75. The highest BCUT2D eigenvalue weighted by atomic mass is 16.3. The molecule has 0 aromatic carbocycles. The fourth-order valence-electron chi connectivity index (χ4n) is 1.53. The van der Waals surface area contributed by atoms with Gasteiger partial charge in [-0.3, -0.25) is 0 Å². The first kappa shape index (κ1) is 7.80. The van der Waals surface area contributed by atoms with Gasteiger partial charge in [-0.05, 0) is 24.2 Å². The number of hydrogen-bond acceptors (Lipinski definition) is 1. The summed E-state index contributed by atoms with van der Waals surface area (Å²) in [6, 6.07) is 0. The fourth-order valence-corrected chi connectivity index (χ4v) is 1.53. The molecule has 0 saturated heterocycles. The smallest absolute Gasteiger partial charge is 0.0465 e. The first-order valence-corrected chi connectivity index (χ1v) is 4.03. The second-order valence-corrected chi connectivity index (χ2v) is 3.40. The maximum atomic E-state index is 8.95. The second kappa shape index (κ2) is 3.20. The van der Waals surface area contributed by atoms with E-state index in [2.05, 4.69) is 26.0 Å². The Morgan fingerprint density at radius 1 is 1.40 bits per heavy atom. The summed E-state index contributed by atoms with van der Waals surface area (Å²) in [7, 11) is 0. The van der Waals surface area contributed by atoms with E-state index >= 15 is 0 Å². The first-order chi connectivity index (χ1) is 4.74. The molecule has 1 aliphatic rings. The lowest BCUT2D eigenvalue weighted by molar-refractivity contribution is 0.175. The van der Waals surface area contributed by atoms with Gasteiger partial charge in [-0.1, -0.05) is 26.0 Å². The molecule has 0 amide bonds. The molecule has 58 valence electrons. The second-order valence-electron chi connectivity index (χ2n) is 3.40. The standard InChI is InChI=1S/C9H16O/c1-7-3-4-8(2)9(5-7)6-10/h3-4,7-10H,5-6H2,1-2H3/t7-,8+,9+/m1/s1. The third-order valence-corrected chi connectivity index (χ3v) is 2.40. The van der Waals surface area contributed by atoms with Crippen LogP contribution in [0.1, 0.15) is 20.3 Å². The minimum Gasteiger partial charge on any atom is -0.396 e. The van der Waals surface area contributed by atoms with Crippen LogP contribution in [-0.2, 0) is 0 Å². The van der Waals surface area contributed by atoms with E-state index in [0.29, 0.717) is 24.4 Å². The Kier molecular flexibility index (Phi) is 2.50. The molecule has 0 fully saturated rings. The monoisotopic (exact) mass is 140 g/mol. The topological polar surface area (TPSA) is 20.2 Å². The van der Waals surface area contributed by atoms with Crippen molar-refractivity contribution in [1.82, 2.24) is 0 Å². The van der Waals surface area contributed by atoms with E-state index in [1.54, 1.807) is 0 Å². The lowest BCUT2D eigenvalue weighted by Gasteiger charge is -2.25. The molecule has 3 atom stereocenters. The van der Waals surface area contributed by atoms with Crippen LogP contribution in [0.4, 0.5) is 0 Å². The van der Waals surface area contributed by atoms with Crippen molar-refractivity contribution in [2.24, 2.45) is 17.8 Å². The van der Waals surface area contributed by atoms with Gasteiger partial charge < -0.3 is 5.11 Å². The third kappa shape index (κ3) is 1.60. The van der Waals surface area contributed by atoms with Crippen LogP contribution in [0.5, 0.6) is 0 Å². The van der Waals surface area contributed by atoms with Crippen LogP contribution < -0.4 is 0 Å². The van der Waals surface area contributed by atoms with E-state index in [1.165, 1.54) is 0 Å². The normalized spacial score (nSPS) is 40.1. The van der Waals surface area contributed by atoms with E-state index in [4.69, 9.17) is 5.11 Å². The zero-order valence-corrected chi connectivity index (χ0v) is 6.75. The Morgan fingerprint density at radius 3 is 2.60 bits per heavy atom. The van der Waals surface area contributed by atoms with Crippen molar-refractivity contribution < 1.29 is 5.11 Å². The van der Waals surface area contributed by atoms with Crippen molar-refractivity contribution in [2.45, 2.75) is 20.3 Å². The number of allylic oxidation sites excluding steroid dienone is 2. The molecule has 1 rings (SSSR count). The van der Waals surface area contributed by atoms with Crippen LogP contribution in [0, 0.1) is 17.8 Å². The van der Waals surface area contributed by atoms with Crippen LogP contribution in [0.2, 0.25) is 0 Å².